The second kappa shape index (κ2) is 9.88. The molecular formula is C18H27NO6. The lowest BCUT2D eigenvalue weighted by Crippen LogP contribution is -2.39. The monoisotopic (exact) mass is 353 g/mol. The molecule has 0 fully saturated rings. The number of nitrogens with two attached hydrogens (primary N) is 1. The Labute approximate surface area is 147 Å². The Morgan fingerprint density at radius 3 is 2.36 bits per heavy atom. The largest absolute Gasteiger partial charge is 0.504 e. The first-order chi connectivity index (χ1) is 11.7. The molecule has 0 heterocycles. The maximum absolute atomic E-state index is 12.1. The molecule has 0 saturated heterocycles. The standard InChI is InChI=1S/C18H27NO6/c1-4-5-6-17(22)24-11(2)12(3)25-18(23)14(19)9-13-7-8-15(20)16(21)10-13/h7-8,10-12,14,20-21H,4-6,9,19H2,1-3H3/t11?,12-,14+/m1/s1. The Bertz CT molecular complexity index is 589. The van der Waals surface area contributed by atoms with Crippen molar-refractivity contribution in [1.29, 1.82) is 0 Å². The van der Waals surface area contributed by atoms with Gasteiger partial charge in [-0.15, -0.1) is 0 Å². The number of aromatic hydroxyl groups is 2. The highest BCUT2D eigenvalue weighted by molar-refractivity contribution is 5.76. The highest BCUT2D eigenvalue weighted by Crippen LogP contribution is 2.25. The summed E-state index contributed by atoms with van der Waals surface area (Å²) in [6, 6.07) is 3.28. The smallest absolute Gasteiger partial charge is 0.323 e. The van der Waals surface area contributed by atoms with Crippen molar-refractivity contribution in [3.8, 4) is 11.5 Å². The molecular weight excluding hydrogens is 326 g/mol. The molecule has 1 rings (SSSR count). The zero-order valence-electron chi connectivity index (χ0n) is 14.9. The van der Waals surface area contributed by atoms with E-state index in [1.807, 2.05) is 6.92 Å². The van der Waals surface area contributed by atoms with Gasteiger partial charge in [-0.25, -0.2) is 0 Å². The van der Waals surface area contributed by atoms with Crippen LogP contribution in [0.2, 0.25) is 0 Å². The molecule has 25 heavy (non-hydrogen) atoms. The molecule has 0 bridgehead atoms. The summed E-state index contributed by atoms with van der Waals surface area (Å²) in [6.07, 6.45) is 0.936. The van der Waals surface area contributed by atoms with Crippen LogP contribution in [0.1, 0.15) is 45.6 Å². The van der Waals surface area contributed by atoms with E-state index in [0.717, 1.165) is 12.8 Å². The van der Waals surface area contributed by atoms with E-state index in [2.05, 4.69) is 0 Å². The van der Waals surface area contributed by atoms with Gasteiger partial charge in [-0.2, -0.15) is 0 Å². The van der Waals surface area contributed by atoms with Crippen LogP contribution in [-0.4, -0.2) is 40.4 Å². The van der Waals surface area contributed by atoms with Gasteiger partial charge < -0.3 is 25.4 Å². The SMILES string of the molecule is CCCCC(=O)OC(C)[C@@H](C)OC(=O)[C@@H](N)Cc1ccc(O)c(O)c1. The minimum Gasteiger partial charge on any atom is -0.504 e. The van der Waals surface area contributed by atoms with Crippen LogP contribution in [0.3, 0.4) is 0 Å². The van der Waals surface area contributed by atoms with E-state index in [1.54, 1.807) is 19.9 Å². The Morgan fingerprint density at radius 2 is 1.76 bits per heavy atom. The molecule has 4 N–H and O–H groups in total. The third-order valence-corrected chi connectivity index (χ3v) is 3.81. The van der Waals surface area contributed by atoms with Crippen molar-refractivity contribution in [2.24, 2.45) is 5.73 Å². The number of ether oxygens (including phenoxy) is 2. The lowest BCUT2D eigenvalue weighted by molar-refractivity contribution is -0.166. The lowest BCUT2D eigenvalue weighted by atomic mass is 10.1. The molecule has 0 radical (unpaired) electrons. The number of carbonyl (C=O) groups is 2. The summed E-state index contributed by atoms with van der Waals surface area (Å²) >= 11 is 0. The maximum atomic E-state index is 12.1. The van der Waals surface area contributed by atoms with Crippen molar-refractivity contribution in [1.82, 2.24) is 0 Å². The first-order valence-corrected chi connectivity index (χ1v) is 8.41. The third-order valence-electron chi connectivity index (χ3n) is 3.81. The van der Waals surface area contributed by atoms with Crippen LogP contribution in [-0.2, 0) is 25.5 Å². The molecule has 140 valence electrons. The van der Waals surface area contributed by atoms with Gasteiger partial charge in [-0.1, -0.05) is 19.4 Å². The van der Waals surface area contributed by atoms with Crippen molar-refractivity contribution in [2.45, 2.75) is 64.7 Å². The lowest BCUT2D eigenvalue weighted by Gasteiger charge is -2.22. The van der Waals surface area contributed by atoms with E-state index in [9.17, 15) is 19.8 Å². The summed E-state index contributed by atoms with van der Waals surface area (Å²) in [7, 11) is 0. The molecule has 0 spiro atoms. The van der Waals surface area contributed by atoms with E-state index in [1.165, 1.54) is 12.1 Å². The highest BCUT2D eigenvalue weighted by Gasteiger charge is 2.24. The van der Waals surface area contributed by atoms with Crippen LogP contribution in [0.15, 0.2) is 18.2 Å². The van der Waals surface area contributed by atoms with Gasteiger partial charge >= 0.3 is 11.9 Å². The number of rotatable bonds is 9. The van der Waals surface area contributed by atoms with Crippen LogP contribution >= 0.6 is 0 Å². The molecule has 0 aliphatic rings. The topological polar surface area (TPSA) is 119 Å². The third kappa shape index (κ3) is 7.01. The fourth-order valence-electron chi connectivity index (χ4n) is 2.08. The van der Waals surface area contributed by atoms with Crippen molar-refractivity contribution in [3.05, 3.63) is 23.8 Å². The molecule has 0 saturated carbocycles. The first-order valence-electron chi connectivity index (χ1n) is 8.41. The quantitative estimate of drug-likeness (QED) is 0.459. The van der Waals surface area contributed by atoms with Crippen molar-refractivity contribution in [2.75, 3.05) is 0 Å². The summed E-state index contributed by atoms with van der Waals surface area (Å²) < 4.78 is 10.5. The van der Waals surface area contributed by atoms with Gasteiger partial charge in [0.1, 0.15) is 18.2 Å². The second-order valence-corrected chi connectivity index (χ2v) is 6.07. The zero-order chi connectivity index (χ0) is 19.0. The van der Waals surface area contributed by atoms with E-state index >= 15 is 0 Å². The Kier molecular flexibility index (Phi) is 8.21. The normalized spacial score (nSPS) is 14.4. The first kappa shape index (κ1) is 20.8. The minimum atomic E-state index is -0.936. The van der Waals surface area contributed by atoms with E-state index < -0.39 is 24.2 Å². The molecule has 0 aliphatic heterocycles. The molecule has 1 unspecified atom stereocenters. The average molecular weight is 353 g/mol. The molecule has 7 heteroatoms. The number of hydrogen-bond donors (Lipinski definition) is 3. The van der Waals surface area contributed by atoms with Crippen LogP contribution in [0.25, 0.3) is 0 Å². The van der Waals surface area contributed by atoms with Gasteiger partial charge in [0.2, 0.25) is 0 Å². The fourth-order valence-corrected chi connectivity index (χ4v) is 2.08. The highest BCUT2D eigenvalue weighted by atomic mass is 16.6. The molecule has 1 aromatic carbocycles. The number of hydrogen-bond acceptors (Lipinski definition) is 7. The Morgan fingerprint density at radius 1 is 1.12 bits per heavy atom. The van der Waals surface area contributed by atoms with Crippen molar-refractivity contribution in [3.63, 3.8) is 0 Å². The maximum Gasteiger partial charge on any atom is 0.323 e. The van der Waals surface area contributed by atoms with Crippen LogP contribution < -0.4 is 5.73 Å². The van der Waals surface area contributed by atoms with E-state index in [4.69, 9.17) is 15.2 Å². The van der Waals surface area contributed by atoms with Crippen molar-refractivity contribution >= 4 is 11.9 Å². The molecule has 0 aromatic heterocycles. The Hall–Kier alpha value is -2.28. The zero-order valence-corrected chi connectivity index (χ0v) is 14.9. The number of phenols is 2. The average Bonchev–Trinajstić information content (AvgIpc) is 2.56. The van der Waals surface area contributed by atoms with Crippen LogP contribution in [0.4, 0.5) is 0 Å². The van der Waals surface area contributed by atoms with Crippen LogP contribution in [0.5, 0.6) is 11.5 Å². The van der Waals surface area contributed by atoms with Gasteiger partial charge in [-0.05, 0) is 44.4 Å². The summed E-state index contributed by atoms with van der Waals surface area (Å²) in [5.74, 6) is -1.47. The Balaban J connectivity index is 2.50. The van der Waals surface area contributed by atoms with Gasteiger partial charge in [0.05, 0.1) is 0 Å². The molecule has 0 aliphatic carbocycles. The predicted molar refractivity (Wildman–Crippen MR) is 92.1 cm³/mol. The van der Waals surface area contributed by atoms with Gasteiger partial charge in [0.25, 0.3) is 0 Å². The van der Waals surface area contributed by atoms with Crippen LogP contribution in [0, 0.1) is 0 Å². The molecule has 1 aromatic rings. The minimum absolute atomic E-state index is 0.143. The van der Waals surface area contributed by atoms with Gasteiger partial charge in [0.15, 0.2) is 11.5 Å². The van der Waals surface area contributed by atoms with E-state index in [-0.39, 0.29) is 23.9 Å². The fraction of sp³-hybridized carbons (Fsp3) is 0.556. The molecule has 7 nitrogen and oxygen atoms in total. The number of phenolic OH excluding ortho intramolecular Hbond substituents is 2. The summed E-state index contributed by atoms with van der Waals surface area (Å²) in [6.45, 7) is 5.27. The summed E-state index contributed by atoms with van der Waals surface area (Å²) in [5.41, 5.74) is 6.42. The van der Waals surface area contributed by atoms with E-state index in [0.29, 0.717) is 12.0 Å². The number of unbranched alkanes of at least 4 members (excludes halogenated alkanes) is 1. The molecule has 3 atom stereocenters. The van der Waals surface area contributed by atoms with Gasteiger partial charge in [-0.3, -0.25) is 9.59 Å². The number of carbonyl (C=O) groups excluding carboxylic acids is 2. The number of esters is 2. The molecule has 0 amide bonds. The number of benzene rings is 1. The van der Waals surface area contributed by atoms with Gasteiger partial charge in [0, 0.05) is 6.42 Å². The summed E-state index contributed by atoms with van der Waals surface area (Å²) in [5, 5.41) is 18.7. The predicted octanol–water partition coefficient (Wildman–Crippen LogP) is 2.02. The summed E-state index contributed by atoms with van der Waals surface area (Å²) in [4.78, 5) is 23.7. The van der Waals surface area contributed by atoms with Crippen molar-refractivity contribution < 1.29 is 29.3 Å². The second-order valence-electron chi connectivity index (χ2n) is 6.07.